The number of aromatic nitrogens is 2. The van der Waals surface area contributed by atoms with Crippen LogP contribution in [-0.4, -0.2) is 33.7 Å². The number of hydrogen-bond donors (Lipinski definition) is 1. The molecular weight excluding hydrogens is 428 g/mol. The van der Waals surface area contributed by atoms with Gasteiger partial charge in [0.2, 0.25) is 0 Å². The van der Waals surface area contributed by atoms with E-state index in [-0.39, 0.29) is 12.5 Å². The summed E-state index contributed by atoms with van der Waals surface area (Å²) in [7, 11) is 1.78. The van der Waals surface area contributed by atoms with Crippen LogP contribution in [-0.2, 0) is 17.9 Å². The highest BCUT2D eigenvalue weighted by Gasteiger charge is 2.26. The maximum atomic E-state index is 12.9. The smallest absolute Gasteiger partial charge is 0.411 e. The second-order valence-electron chi connectivity index (χ2n) is 7.93. The molecule has 0 radical (unpaired) electrons. The van der Waals surface area contributed by atoms with E-state index in [9.17, 15) is 9.59 Å². The van der Waals surface area contributed by atoms with Crippen molar-refractivity contribution in [3.05, 3.63) is 82.6 Å². The van der Waals surface area contributed by atoms with Crippen molar-refractivity contribution in [2.75, 3.05) is 12.4 Å². The average Bonchev–Trinajstić information content (AvgIpc) is 3.22. The van der Waals surface area contributed by atoms with Crippen LogP contribution in [0.25, 0.3) is 0 Å². The van der Waals surface area contributed by atoms with E-state index in [2.05, 4.69) is 10.4 Å². The first-order chi connectivity index (χ1) is 15.5. The molecule has 0 atom stereocenters. The number of nitrogens with zero attached hydrogens (tertiary/aromatic N) is 3. The molecule has 1 aliphatic rings. The topological polar surface area (TPSA) is 76.5 Å². The first-order valence-electron chi connectivity index (χ1n) is 10.6. The quantitative estimate of drug-likeness (QED) is 0.529. The van der Waals surface area contributed by atoms with Crippen LogP contribution < -0.4 is 5.32 Å². The molecule has 2 amide bonds. The lowest BCUT2D eigenvalue weighted by Gasteiger charge is -2.28. The van der Waals surface area contributed by atoms with Crippen LogP contribution in [0.3, 0.4) is 0 Å². The number of nitrogens with one attached hydrogen (secondary N) is 1. The fourth-order valence-electron chi connectivity index (χ4n) is 3.52. The van der Waals surface area contributed by atoms with Crippen molar-refractivity contribution < 1.29 is 14.3 Å². The Hall–Kier alpha value is -3.32. The number of amides is 2. The van der Waals surface area contributed by atoms with Gasteiger partial charge in [-0.2, -0.15) is 5.10 Å². The van der Waals surface area contributed by atoms with E-state index in [1.54, 1.807) is 60.6 Å². The van der Waals surface area contributed by atoms with Crippen LogP contribution in [0, 0.1) is 0 Å². The van der Waals surface area contributed by atoms with E-state index in [1.807, 2.05) is 16.8 Å². The van der Waals surface area contributed by atoms with Crippen LogP contribution in [0.5, 0.6) is 0 Å². The summed E-state index contributed by atoms with van der Waals surface area (Å²) >= 11 is 5.85. The molecule has 1 heterocycles. The second kappa shape index (κ2) is 9.87. The SMILES string of the molecule is CN(Cc1ccc(NC(=O)OCc2ccc(Cl)cc2)cc1)C(=O)c1ccnn1C1CCC1. The Kier molecular flexibility index (Phi) is 6.75. The van der Waals surface area contributed by atoms with E-state index >= 15 is 0 Å². The van der Waals surface area contributed by atoms with Gasteiger partial charge in [0.15, 0.2) is 0 Å². The number of carbonyl (C=O) groups excluding carboxylic acids is 2. The van der Waals surface area contributed by atoms with Gasteiger partial charge in [0.1, 0.15) is 12.3 Å². The van der Waals surface area contributed by atoms with E-state index in [1.165, 1.54) is 6.42 Å². The maximum Gasteiger partial charge on any atom is 0.411 e. The number of anilines is 1. The van der Waals surface area contributed by atoms with Crippen LogP contribution in [0.2, 0.25) is 5.02 Å². The summed E-state index contributed by atoms with van der Waals surface area (Å²) < 4.78 is 7.08. The lowest BCUT2D eigenvalue weighted by Crippen LogP contribution is -2.31. The molecule has 8 heteroatoms. The third-order valence-electron chi connectivity index (χ3n) is 5.56. The number of benzene rings is 2. The number of rotatable bonds is 7. The molecule has 0 saturated heterocycles. The highest BCUT2D eigenvalue weighted by molar-refractivity contribution is 6.30. The van der Waals surface area contributed by atoms with Crippen LogP contribution >= 0.6 is 11.6 Å². The fraction of sp³-hybridized carbons (Fsp3) is 0.292. The molecule has 0 unspecified atom stereocenters. The number of ether oxygens (including phenoxy) is 1. The van der Waals surface area contributed by atoms with Gasteiger partial charge in [0, 0.05) is 30.5 Å². The molecule has 1 aromatic heterocycles. The van der Waals surface area contributed by atoms with Gasteiger partial charge in [-0.25, -0.2) is 4.79 Å². The molecule has 0 aliphatic heterocycles. The Morgan fingerprint density at radius 2 is 1.78 bits per heavy atom. The van der Waals surface area contributed by atoms with Crippen molar-refractivity contribution in [3.63, 3.8) is 0 Å². The molecule has 0 spiro atoms. The predicted octanol–water partition coefficient (Wildman–Crippen LogP) is 5.28. The predicted molar refractivity (Wildman–Crippen MR) is 123 cm³/mol. The summed E-state index contributed by atoms with van der Waals surface area (Å²) in [5.41, 5.74) is 3.05. The van der Waals surface area contributed by atoms with Gasteiger partial charge in [-0.1, -0.05) is 35.9 Å². The third kappa shape index (κ3) is 5.29. The first kappa shape index (κ1) is 21.9. The molecule has 32 heavy (non-hydrogen) atoms. The van der Waals surface area contributed by atoms with Crippen LogP contribution in [0.4, 0.5) is 10.5 Å². The molecule has 1 saturated carbocycles. The van der Waals surface area contributed by atoms with Crippen LogP contribution in [0.15, 0.2) is 60.8 Å². The lowest BCUT2D eigenvalue weighted by molar-refractivity contribution is 0.0765. The molecule has 0 bridgehead atoms. The highest BCUT2D eigenvalue weighted by Crippen LogP contribution is 2.32. The van der Waals surface area contributed by atoms with Crippen LogP contribution in [0.1, 0.15) is 46.9 Å². The van der Waals surface area contributed by atoms with Gasteiger partial charge >= 0.3 is 6.09 Å². The lowest BCUT2D eigenvalue weighted by atomic mass is 9.93. The summed E-state index contributed by atoms with van der Waals surface area (Å²) in [5.74, 6) is -0.0534. The summed E-state index contributed by atoms with van der Waals surface area (Å²) in [4.78, 5) is 26.6. The van der Waals surface area contributed by atoms with Gasteiger partial charge in [0.25, 0.3) is 5.91 Å². The normalized spacial score (nSPS) is 13.3. The molecule has 166 valence electrons. The molecule has 4 rings (SSSR count). The summed E-state index contributed by atoms with van der Waals surface area (Å²) in [6, 6.07) is 16.6. The van der Waals surface area contributed by atoms with Gasteiger partial charge in [-0.05, 0) is 60.7 Å². The Balaban J connectivity index is 1.28. The summed E-state index contributed by atoms with van der Waals surface area (Å²) in [6.07, 6.45) is 4.48. The maximum absolute atomic E-state index is 12.9. The average molecular weight is 453 g/mol. The fourth-order valence-corrected chi connectivity index (χ4v) is 3.65. The Labute approximate surface area is 191 Å². The minimum Gasteiger partial charge on any atom is -0.444 e. The monoisotopic (exact) mass is 452 g/mol. The van der Waals surface area contributed by atoms with Gasteiger partial charge in [0.05, 0.1) is 6.04 Å². The Morgan fingerprint density at radius 3 is 2.44 bits per heavy atom. The number of hydrogen-bond acceptors (Lipinski definition) is 4. The molecule has 7 nitrogen and oxygen atoms in total. The van der Waals surface area contributed by atoms with Crippen molar-refractivity contribution in [1.29, 1.82) is 0 Å². The first-order valence-corrected chi connectivity index (χ1v) is 10.9. The number of halogens is 1. The van der Waals surface area contributed by atoms with Gasteiger partial charge in [-0.15, -0.1) is 0 Å². The number of carbonyl (C=O) groups is 2. The summed E-state index contributed by atoms with van der Waals surface area (Å²) in [5, 5.41) is 7.67. The van der Waals surface area contributed by atoms with Crippen molar-refractivity contribution in [2.45, 2.75) is 38.5 Å². The molecular formula is C24H25ClN4O3. The standard InChI is InChI=1S/C24H25ClN4O3/c1-28(23(30)22-13-14-26-29(22)21-3-2-4-21)15-17-7-11-20(12-8-17)27-24(31)32-16-18-5-9-19(25)10-6-18/h5-14,21H,2-4,15-16H2,1H3,(H,27,31). The van der Waals surface area contributed by atoms with Gasteiger partial charge in [-0.3, -0.25) is 14.8 Å². The Bertz CT molecular complexity index is 1080. The van der Waals surface area contributed by atoms with E-state index in [0.29, 0.717) is 29.0 Å². The Morgan fingerprint density at radius 1 is 1.09 bits per heavy atom. The van der Waals surface area contributed by atoms with E-state index < -0.39 is 6.09 Å². The second-order valence-corrected chi connectivity index (χ2v) is 8.37. The minimum atomic E-state index is -0.538. The van der Waals surface area contributed by atoms with Crippen molar-refractivity contribution in [3.8, 4) is 0 Å². The van der Waals surface area contributed by atoms with Crippen molar-refractivity contribution >= 4 is 29.3 Å². The van der Waals surface area contributed by atoms with Gasteiger partial charge < -0.3 is 9.64 Å². The van der Waals surface area contributed by atoms with Crippen molar-refractivity contribution in [1.82, 2.24) is 14.7 Å². The van der Waals surface area contributed by atoms with E-state index in [4.69, 9.17) is 16.3 Å². The largest absolute Gasteiger partial charge is 0.444 e. The molecule has 1 fully saturated rings. The highest BCUT2D eigenvalue weighted by atomic mass is 35.5. The molecule has 3 aromatic rings. The van der Waals surface area contributed by atoms with Crippen molar-refractivity contribution in [2.24, 2.45) is 0 Å². The minimum absolute atomic E-state index is 0.0534. The summed E-state index contributed by atoms with van der Waals surface area (Å²) in [6.45, 7) is 0.613. The van der Waals surface area contributed by atoms with E-state index in [0.717, 1.165) is 24.0 Å². The zero-order valence-corrected chi connectivity index (χ0v) is 18.6. The molecule has 2 aromatic carbocycles. The third-order valence-corrected chi connectivity index (χ3v) is 5.81. The molecule has 1 aliphatic carbocycles. The zero-order valence-electron chi connectivity index (χ0n) is 17.8. The zero-order chi connectivity index (χ0) is 22.5. The molecule has 1 N–H and O–H groups in total.